The van der Waals surface area contributed by atoms with Crippen molar-refractivity contribution >= 4 is 30.8 Å². The van der Waals surface area contributed by atoms with Crippen LogP contribution in [0.25, 0.3) is 0 Å². The molecule has 0 aliphatic carbocycles. The first kappa shape index (κ1) is 21.6. The molecule has 0 bridgehead atoms. The molecule has 1 aromatic heterocycles. The average Bonchev–Trinajstić information content (AvgIpc) is 2.60. The Balaban J connectivity index is 2.02. The highest BCUT2D eigenvalue weighted by atomic mass is 35.5. The van der Waals surface area contributed by atoms with Crippen LogP contribution in [0.1, 0.15) is 25.0 Å². The van der Waals surface area contributed by atoms with E-state index in [4.69, 9.17) is 20.6 Å². The maximum Gasteiger partial charge on any atom is 0.420 e. The number of benzene rings is 1. The minimum absolute atomic E-state index is 0.0659. The number of nitrogens with zero attached hydrogens (tertiary/aromatic N) is 2. The van der Waals surface area contributed by atoms with Crippen molar-refractivity contribution in [3.8, 4) is 0 Å². The summed E-state index contributed by atoms with van der Waals surface area (Å²) in [6.07, 6.45) is -3.72. The number of hydrogen-bond acceptors (Lipinski definition) is 6. The van der Waals surface area contributed by atoms with E-state index in [0.717, 1.165) is 5.56 Å². The van der Waals surface area contributed by atoms with Gasteiger partial charge in [0, 0.05) is 18.0 Å². The summed E-state index contributed by atoms with van der Waals surface area (Å²) in [6, 6.07) is 6.73. The Labute approximate surface area is 159 Å². The summed E-state index contributed by atoms with van der Waals surface area (Å²) in [5.41, 5.74) is 0.190. The summed E-state index contributed by atoms with van der Waals surface area (Å²) in [6.45, 7) is 3.86. The Bertz CT molecular complexity index is 819. The van der Waals surface area contributed by atoms with Gasteiger partial charge in [0.15, 0.2) is 0 Å². The predicted molar refractivity (Wildman–Crippen MR) is 96.3 cm³/mol. The number of nitrogens with one attached hydrogen (secondary N) is 1. The maximum atomic E-state index is 12.7. The minimum atomic E-state index is -4.61. The Morgan fingerprint density at radius 3 is 2.37 bits per heavy atom. The molecule has 1 N–H and O–H groups in total. The molecule has 27 heavy (non-hydrogen) atoms. The number of halogens is 4. The van der Waals surface area contributed by atoms with E-state index >= 15 is 0 Å². The van der Waals surface area contributed by atoms with Crippen LogP contribution in [0.15, 0.2) is 30.5 Å². The molecule has 0 spiro atoms. The Morgan fingerprint density at radius 1 is 1.19 bits per heavy atom. The van der Waals surface area contributed by atoms with Crippen LogP contribution in [0.5, 0.6) is 0 Å². The first-order valence-corrected chi connectivity index (χ1v) is 10.1. The van der Waals surface area contributed by atoms with Gasteiger partial charge in [0.25, 0.3) is 0 Å². The molecule has 2 aromatic rings. The van der Waals surface area contributed by atoms with Crippen molar-refractivity contribution < 1.29 is 26.8 Å². The molecule has 0 saturated heterocycles. The summed E-state index contributed by atoms with van der Waals surface area (Å²) in [4.78, 5) is 7.22. The lowest BCUT2D eigenvalue weighted by Crippen LogP contribution is -2.09. The van der Waals surface area contributed by atoms with Gasteiger partial charge in [-0.05, 0) is 24.6 Å². The van der Waals surface area contributed by atoms with E-state index in [9.17, 15) is 17.7 Å². The smallest absolute Gasteiger partial charge is 0.324 e. The van der Waals surface area contributed by atoms with Crippen LogP contribution >= 0.6 is 19.2 Å². The summed E-state index contributed by atoms with van der Waals surface area (Å²) >= 11 is 5.56. The molecule has 0 aliphatic heterocycles. The van der Waals surface area contributed by atoms with E-state index in [2.05, 4.69) is 15.3 Å². The van der Waals surface area contributed by atoms with Gasteiger partial charge in [0.1, 0.15) is 10.7 Å². The molecule has 0 fully saturated rings. The quantitative estimate of drug-likeness (QED) is 0.436. The molecule has 0 radical (unpaired) electrons. The lowest BCUT2D eigenvalue weighted by molar-refractivity contribution is -0.137. The van der Waals surface area contributed by atoms with Crippen LogP contribution < -0.4 is 5.32 Å². The zero-order valence-electron chi connectivity index (χ0n) is 14.6. The van der Waals surface area contributed by atoms with E-state index < -0.39 is 24.5 Å². The molecule has 1 unspecified atom stereocenters. The zero-order valence-corrected chi connectivity index (χ0v) is 16.2. The van der Waals surface area contributed by atoms with E-state index in [-0.39, 0.29) is 18.7 Å². The van der Waals surface area contributed by atoms with Gasteiger partial charge in [-0.3, -0.25) is 4.57 Å². The third-order valence-corrected chi connectivity index (χ3v) is 5.64. The van der Waals surface area contributed by atoms with Crippen LogP contribution in [0.2, 0.25) is 5.15 Å². The summed E-state index contributed by atoms with van der Waals surface area (Å²) in [5, 5.41) is 2.08. The van der Waals surface area contributed by atoms with Crippen molar-refractivity contribution in [2.75, 3.05) is 18.1 Å². The van der Waals surface area contributed by atoms with E-state index in [0.29, 0.717) is 18.5 Å². The van der Waals surface area contributed by atoms with Crippen LogP contribution in [-0.4, -0.2) is 22.7 Å². The van der Waals surface area contributed by atoms with Crippen molar-refractivity contribution in [1.29, 1.82) is 0 Å². The predicted octanol–water partition coefficient (Wildman–Crippen LogP) is 5.66. The molecule has 2 rings (SSSR count). The number of anilines is 2. The van der Waals surface area contributed by atoms with E-state index in [1.54, 1.807) is 38.1 Å². The SMILES string of the molecule is CCOP(=O)(CC)OCc1ccc(Nc2ncc(C(F)(F)F)c(Cl)n2)cc1. The molecular formula is C16H18ClF3N3O3P. The van der Waals surface area contributed by atoms with Crippen molar-refractivity contribution in [3.63, 3.8) is 0 Å². The fourth-order valence-electron chi connectivity index (χ4n) is 2.01. The largest absolute Gasteiger partial charge is 0.420 e. The molecule has 0 aliphatic rings. The molecular weight excluding hydrogens is 406 g/mol. The molecule has 11 heteroatoms. The van der Waals surface area contributed by atoms with Crippen molar-refractivity contribution in [1.82, 2.24) is 9.97 Å². The van der Waals surface area contributed by atoms with Crippen LogP contribution in [0, 0.1) is 0 Å². The van der Waals surface area contributed by atoms with Crippen LogP contribution in [0.4, 0.5) is 24.8 Å². The van der Waals surface area contributed by atoms with E-state index in [1.165, 1.54) is 0 Å². The van der Waals surface area contributed by atoms with Gasteiger partial charge < -0.3 is 14.4 Å². The minimum Gasteiger partial charge on any atom is -0.324 e. The monoisotopic (exact) mass is 423 g/mol. The highest BCUT2D eigenvalue weighted by molar-refractivity contribution is 7.53. The summed E-state index contributed by atoms with van der Waals surface area (Å²) in [5.74, 6) is -0.0659. The molecule has 1 aromatic carbocycles. The highest BCUT2D eigenvalue weighted by Crippen LogP contribution is 2.48. The Morgan fingerprint density at radius 2 is 1.85 bits per heavy atom. The van der Waals surface area contributed by atoms with Gasteiger partial charge in [-0.1, -0.05) is 30.7 Å². The topological polar surface area (TPSA) is 73.3 Å². The first-order valence-electron chi connectivity index (χ1n) is 8.00. The second kappa shape index (κ2) is 9.01. The molecule has 0 amide bonds. The lowest BCUT2D eigenvalue weighted by atomic mass is 10.2. The Hall–Kier alpha value is -1.67. The third-order valence-electron chi connectivity index (χ3n) is 3.40. The molecule has 148 valence electrons. The van der Waals surface area contributed by atoms with Crippen molar-refractivity contribution in [2.45, 2.75) is 26.6 Å². The number of hydrogen-bond donors (Lipinski definition) is 1. The van der Waals surface area contributed by atoms with Gasteiger partial charge in [-0.25, -0.2) is 9.97 Å². The van der Waals surface area contributed by atoms with Gasteiger partial charge in [-0.2, -0.15) is 13.2 Å². The van der Waals surface area contributed by atoms with Gasteiger partial charge >= 0.3 is 13.8 Å². The van der Waals surface area contributed by atoms with E-state index in [1.807, 2.05) is 0 Å². The van der Waals surface area contributed by atoms with Crippen molar-refractivity contribution in [2.24, 2.45) is 0 Å². The zero-order chi connectivity index (χ0) is 20.1. The lowest BCUT2D eigenvalue weighted by Gasteiger charge is -2.16. The second-order valence-electron chi connectivity index (χ2n) is 5.34. The number of aromatic nitrogens is 2. The number of alkyl halides is 3. The Kier molecular flexibility index (Phi) is 7.22. The second-order valence-corrected chi connectivity index (χ2v) is 8.06. The fraction of sp³-hybridized carbons (Fsp3) is 0.375. The van der Waals surface area contributed by atoms with Crippen molar-refractivity contribution in [3.05, 3.63) is 46.7 Å². The fourth-order valence-corrected chi connectivity index (χ4v) is 3.43. The molecule has 6 nitrogen and oxygen atoms in total. The highest BCUT2D eigenvalue weighted by Gasteiger charge is 2.34. The van der Waals surface area contributed by atoms with Gasteiger partial charge in [0.05, 0.1) is 13.2 Å². The molecule has 1 heterocycles. The molecule has 0 saturated carbocycles. The van der Waals surface area contributed by atoms with Crippen LogP contribution in [-0.2, 0) is 26.4 Å². The first-order chi connectivity index (χ1) is 12.7. The third kappa shape index (κ3) is 6.17. The van der Waals surface area contributed by atoms with Gasteiger partial charge in [-0.15, -0.1) is 0 Å². The normalized spacial score (nSPS) is 14.0. The van der Waals surface area contributed by atoms with Crippen LogP contribution in [0.3, 0.4) is 0 Å². The standard InChI is InChI=1S/C16H18ClF3N3O3P/c1-3-25-27(24,4-2)26-10-11-5-7-12(8-6-11)22-15-21-9-13(14(17)23-15)16(18,19)20/h5-9H,3-4,10H2,1-2H3,(H,21,22,23). The summed E-state index contributed by atoms with van der Waals surface area (Å²) in [7, 11) is -3.10. The maximum absolute atomic E-state index is 12.7. The van der Waals surface area contributed by atoms with Gasteiger partial charge in [0.2, 0.25) is 5.95 Å². The summed E-state index contributed by atoms with van der Waals surface area (Å²) < 4.78 is 60.7. The average molecular weight is 424 g/mol. The number of rotatable bonds is 8. The molecule has 1 atom stereocenters.